The van der Waals surface area contributed by atoms with Gasteiger partial charge in [0.15, 0.2) is 0 Å². The normalized spacial score (nSPS) is 38.2. The lowest BCUT2D eigenvalue weighted by Gasteiger charge is -2.37. The van der Waals surface area contributed by atoms with Crippen LogP contribution in [0.2, 0.25) is 0 Å². The van der Waals surface area contributed by atoms with Gasteiger partial charge in [0.1, 0.15) is 0 Å². The summed E-state index contributed by atoms with van der Waals surface area (Å²) in [6.07, 6.45) is 19.3. The quantitative estimate of drug-likeness (QED) is 0.487. The van der Waals surface area contributed by atoms with Gasteiger partial charge in [-0.05, 0) is 92.1 Å². The Bertz CT molecular complexity index is 579. The third kappa shape index (κ3) is 4.26. The number of benzene rings is 1. The lowest BCUT2D eigenvalue weighted by molar-refractivity contribution is 0.165. The highest BCUT2D eigenvalue weighted by Crippen LogP contribution is 2.44. The predicted molar refractivity (Wildman–Crippen MR) is 113 cm³/mol. The van der Waals surface area contributed by atoms with Crippen LogP contribution in [0.3, 0.4) is 0 Å². The summed E-state index contributed by atoms with van der Waals surface area (Å²) in [5.74, 6) is 5.33. The van der Waals surface area contributed by atoms with Crippen molar-refractivity contribution in [3.63, 3.8) is 0 Å². The zero-order valence-electron chi connectivity index (χ0n) is 17.0. The van der Waals surface area contributed by atoms with E-state index in [4.69, 9.17) is 0 Å². The van der Waals surface area contributed by atoms with E-state index in [9.17, 15) is 0 Å². The Kier molecular flexibility index (Phi) is 5.87. The molecule has 0 amide bonds. The fourth-order valence-electron chi connectivity index (χ4n) is 5.93. The number of allylic oxidation sites excluding steroid dienone is 2. The van der Waals surface area contributed by atoms with E-state index >= 15 is 0 Å². The molecule has 0 N–H and O–H groups in total. The number of hydrogen-bond donors (Lipinski definition) is 0. The van der Waals surface area contributed by atoms with E-state index in [1.54, 1.807) is 5.56 Å². The minimum absolute atomic E-state index is 0.657. The molecule has 2 saturated carbocycles. The van der Waals surface area contributed by atoms with Gasteiger partial charge in [-0.3, -0.25) is 0 Å². The second-order valence-corrected chi connectivity index (χ2v) is 9.84. The van der Waals surface area contributed by atoms with Crippen molar-refractivity contribution >= 4 is 0 Å². The van der Waals surface area contributed by atoms with Gasteiger partial charge in [0, 0.05) is 5.92 Å². The van der Waals surface area contributed by atoms with E-state index < -0.39 is 0 Å². The van der Waals surface area contributed by atoms with Gasteiger partial charge < -0.3 is 0 Å². The largest absolute Gasteiger partial charge is 0.0851 e. The second kappa shape index (κ2) is 8.32. The Hall–Kier alpha value is -1.04. The highest BCUT2D eigenvalue weighted by molar-refractivity contribution is 5.31. The van der Waals surface area contributed by atoms with Gasteiger partial charge in [-0.15, -0.1) is 0 Å². The molecule has 0 heterocycles. The molecule has 0 aromatic heterocycles. The average molecular weight is 351 g/mol. The first-order chi connectivity index (χ1) is 12.7. The van der Waals surface area contributed by atoms with Gasteiger partial charge in [0.05, 0.1) is 0 Å². The minimum atomic E-state index is 0.657. The number of rotatable bonds is 3. The van der Waals surface area contributed by atoms with Crippen LogP contribution >= 0.6 is 0 Å². The van der Waals surface area contributed by atoms with Crippen LogP contribution in [0.5, 0.6) is 0 Å². The van der Waals surface area contributed by atoms with Crippen molar-refractivity contribution in [1.29, 1.82) is 0 Å². The Morgan fingerprint density at radius 1 is 0.577 bits per heavy atom. The van der Waals surface area contributed by atoms with Gasteiger partial charge >= 0.3 is 0 Å². The van der Waals surface area contributed by atoms with Crippen molar-refractivity contribution in [3.05, 3.63) is 47.5 Å². The van der Waals surface area contributed by atoms with Gasteiger partial charge in [-0.2, -0.15) is 0 Å². The molecule has 1 aromatic rings. The summed E-state index contributed by atoms with van der Waals surface area (Å²) in [6, 6.07) is 9.76. The van der Waals surface area contributed by atoms with Crippen molar-refractivity contribution in [1.82, 2.24) is 0 Å². The summed E-state index contributed by atoms with van der Waals surface area (Å²) in [5.41, 5.74) is 3.14. The lowest BCUT2D eigenvalue weighted by atomic mass is 9.68. The molecule has 142 valence electrons. The molecular formula is C26H38. The highest BCUT2D eigenvalue weighted by Gasteiger charge is 2.30. The van der Waals surface area contributed by atoms with Gasteiger partial charge in [-0.1, -0.05) is 63.1 Å². The first-order valence-corrected chi connectivity index (χ1v) is 11.5. The summed E-state index contributed by atoms with van der Waals surface area (Å²) in [7, 11) is 0. The smallest absolute Gasteiger partial charge is 0.00182 e. The van der Waals surface area contributed by atoms with Crippen LogP contribution in [0.15, 0.2) is 36.4 Å². The van der Waals surface area contributed by atoms with E-state index in [-0.39, 0.29) is 0 Å². The standard InChI is InChI=1S/C26H38/c1-19-3-7-21(8-4-19)23-11-15-25(16-12-23)26-17-13-24(14-18-26)22-9-5-20(2)6-10-22/h3,7,11-12,15-16,19-22,24,26H,4-6,8-10,13-14,17-18H2,1-2H3. The van der Waals surface area contributed by atoms with Crippen LogP contribution in [0, 0.1) is 23.7 Å². The topological polar surface area (TPSA) is 0 Å². The minimum Gasteiger partial charge on any atom is -0.0851 e. The van der Waals surface area contributed by atoms with E-state index in [2.05, 4.69) is 50.3 Å². The molecule has 2 fully saturated rings. The van der Waals surface area contributed by atoms with Crippen molar-refractivity contribution in [3.8, 4) is 0 Å². The third-order valence-electron chi connectivity index (χ3n) is 7.94. The van der Waals surface area contributed by atoms with Crippen LogP contribution in [-0.4, -0.2) is 0 Å². The number of hydrogen-bond acceptors (Lipinski definition) is 0. The maximum atomic E-state index is 2.45. The zero-order valence-corrected chi connectivity index (χ0v) is 17.0. The molecule has 0 saturated heterocycles. The van der Waals surface area contributed by atoms with E-state index in [0.29, 0.717) is 5.92 Å². The summed E-state index contributed by atoms with van der Waals surface area (Å²) < 4.78 is 0. The van der Waals surface area contributed by atoms with Crippen LogP contribution in [0.4, 0.5) is 0 Å². The molecule has 4 rings (SSSR count). The molecule has 2 atom stereocenters. The first kappa shape index (κ1) is 18.3. The molecule has 26 heavy (non-hydrogen) atoms. The average Bonchev–Trinajstić information content (AvgIpc) is 2.70. The molecule has 0 radical (unpaired) electrons. The van der Waals surface area contributed by atoms with E-state index in [1.807, 2.05) is 0 Å². The van der Waals surface area contributed by atoms with Gasteiger partial charge in [0.25, 0.3) is 0 Å². The van der Waals surface area contributed by atoms with Gasteiger partial charge in [0.2, 0.25) is 0 Å². The molecule has 0 heteroatoms. The monoisotopic (exact) mass is 350 g/mol. The van der Waals surface area contributed by atoms with Gasteiger partial charge in [-0.25, -0.2) is 0 Å². The molecule has 2 unspecified atom stereocenters. The molecular weight excluding hydrogens is 312 g/mol. The SMILES string of the molecule is CC1C=CC(c2ccc(C3CCC(C4CCC(C)CC4)CC3)cc2)CC1. The fourth-order valence-corrected chi connectivity index (χ4v) is 5.93. The molecule has 3 aliphatic rings. The van der Waals surface area contributed by atoms with Crippen molar-refractivity contribution in [2.24, 2.45) is 23.7 Å². The third-order valence-corrected chi connectivity index (χ3v) is 7.94. The fraction of sp³-hybridized carbons (Fsp3) is 0.692. The Morgan fingerprint density at radius 2 is 1.15 bits per heavy atom. The second-order valence-electron chi connectivity index (χ2n) is 9.84. The molecule has 0 spiro atoms. The van der Waals surface area contributed by atoms with Crippen LogP contribution in [0.1, 0.15) is 101 Å². The lowest BCUT2D eigenvalue weighted by Crippen LogP contribution is -2.24. The highest BCUT2D eigenvalue weighted by atomic mass is 14.4. The molecule has 0 nitrogen and oxygen atoms in total. The molecule has 0 bridgehead atoms. The van der Waals surface area contributed by atoms with Crippen molar-refractivity contribution in [2.75, 3.05) is 0 Å². The maximum Gasteiger partial charge on any atom is 0.00182 e. The predicted octanol–water partition coefficient (Wildman–Crippen LogP) is 7.86. The summed E-state index contributed by atoms with van der Waals surface area (Å²) in [4.78, 5) is 0. The first-order valence-electron chi connectivity index (χ1n) is 11.5. The Morgan fingerprint density at radius 3 is 1.73 bits per heavy atom. The molecule has 1 aromatic carbocycles. The van der Waals surface area contributed by atoms with E-state index in [0.717, 1.165) is 29.6 Å². The molecule has 3 aliphatic carbocycles. The van der Waals surface area contributed by atoms with Crippen LogP contribution < -0.4 is 0 Å². The summed E-state index contributed by atoms with van der Waals surface area (Å²) in [6.45, 7) is 4.78. The Labute approximate surface area is 161 Å². The van der Waals surface area contributed by atoms with Crippen molar-refractivity contribution < 1.29 is 0 Å². The van der Waals surface area contributed by atoms with Crippen LogP contribution in [0.25, 0.3) is 0 Å². The summed E-state index contributed by atoms with van der Waals surface area (Å²) >= 11 is 0. The maximum absolute atomic E-state index is 2.45. The van der Waals surface area contributed by atoms with E-state index in [1.165, 1.54) is 69.8 Å². The van der Waals surface area contributed by atoms with Crippen molar-refractivity contribution in [2.45, 2.75) is 89.9 Å². The van der Waals surface area contributed by atoms with Crippen LogP contribution in [-0.2, 0) is 0 Å². The molecule has 0 aliphatic heterocycles. The zero-order chi connectivity index (χ0) is 17.9. The Balaban J connectivity index is 1.31. The summed E-state index contributed by atoms with van der Waals surface area (Å²) in [5, 5.41) is 0.